The molecular formula is C33H42N2O5. The van der Waals surface area contributed by atoms with E-state index in [-0.39, 0.29) is 49.4 Å². The molecule has 0 saturated carbocycles. The van der Waals surface area contributed by atoms with Crippen LogP contribution in [-0.4, -0.2) is 59.6 Å². The van der Waals surface area contributed by atoms with Gasteiger partial charge in [0.1, 0.15) is 6.61 Å². The Balaban J connectivity index is 1.56. The summed E-state index contributed by atoms with van der Waals surface area (Å²) in [6.07, 6.45) is 6.86. The summed E-state index contributed by atoms with van der Waals surface area (Å²) in [5.41, 5.74) is 2.07. The molecule has 0 aliphatic carbocycles. The minimum absolute atomic E-state index is 0.00235. The average molecular weight is 547 g/mol. The van der Waals surface area contributed by atoms with E-state index in [4.69, 9.17) is 4.74 Å². The number of benzene rings is 2. The number of hydrogen-bond donors (Lipinski definition) is 2. The van der Waals surface area contributed by atoms with Crippen LogP contribution in [0, 0.1) is 11.8 Å². The summed E-state index contributed by atoms with van der Waals surface area (Å²) >= 11 is 0. The molecule has 4 atom stereocenters. The lowest BCUT2D eigenvalue weighted by Crippen LogP contribution is -2.45. The summed E-state index contributed by atoms with van der Waals surface area (Å²) in [4.78, 5) is 41.1. The van der Waals surface area contributed by atoms with Gasteiger partial charge in [-0.15, -0.1) is 13.2 Å². The van der Waals surface area contributed by atoms with Crippen LogP contribution in [0.1, 0.15) is 43.2 Å². The van der Waals surface area contributed by atoms with Gasteiger partial charge in [-0.05, 0) is 49.7 Å². The van der Waals surface area contributed by atoms with E-state index < -0.39 is 12.0 Å². The number of rotatable bonds is 16. The molecule has 40 heavy (non-hydrogen) atoms. The number of hydrogen-bond acceptors (Lipinski definition) is 5. The van der Waals surface area contributed by atoms with Crippen LogP contribution in [0.4, 0.5) is 0 Å². The zero-order valence-corrected chi connectivity index (χ0v) is 23.3. The first kappa shape index (κ1) is 30.8. The van der Waals surface area contributed by atoms with Gasteiger partial charge in [0.25, 0.3) is 0 Å². The van der Waals surface area contributed by atoms with E-state index in [9.17, 15) is 19.5 Å². The largest absolute Gasteiger partial charge is 0.463 e. The Kier molecular flexibility index (Phi) is 12.6. The van der Waals surface area contributed by atoms with E-state index in [1.165, 1.54) is 0 Å². The number of ether oxygens (including phenoxy) is 1. The molecule has 7 heteroatoms. The van der Waals surface area contributed by atoms with Crippen molar-refractivity contribution in [2.24, 2.45) is 11.8 Å². The molecule has 2 aromatic rings. The number of carbonyl (C=O) groups excluding carboxylic acids is 3. The minimum atomic E-state index is -0.573. The molecular weight excluding hydrogens is 504 g/mol. The zero-order chi connectivity index (χ0) is 28.7. The van der Waals surface area contributed by atoms with Crippen LogP contribution >= 0.6 is 0 Å². The topological polar surface area (TPSA) is 95.9 Å². The van der Waals surface area contributed by atoms with Crippen molar-refractivity contribution < 1.29 is 24.2 Å². The normalized spacial score (nSPS) is 16.9. The third kappa shape index (κ3) is 9.49. The molecule has 214 valence electrons. The molecule has 1 heterocycles. The molecule has 2 aromatic carbocycles. The fourth-order valence-electron chi connectivity index (χ4n) is 5.24. The fourth-order valence-corrected chi connectivity index (χ4v) is 5.24. The van der Waals surface area contributed by atoms with Crippen LogP contribution in [0.25, 0.3) is 0 Å². The fraction of sp³-hybridized carbons (Fsp3) is 0.424. The van der Waals surface area contributed by atoms with Crippen molar-refractivity contribution in [1.82, 2.24) is 10.2 Å². The van der Waals surface area contributed by atoms with Crippen LogP contribution in [0.2, 0.25) is 0 Å². The smallest absolute Gasteiger partial charge is 0.309 e. The first-order valence-electron chi connectivity index (χ1n) is 14.1. The lowest BCUT2D eigenvalue weighted by molar-refractivity contribution is -0.152. The van der Waals surface area contributed by atoms with Gasteiger partial charge in [0.2, 0.25) is 11.8 Å². The van der Waals surface area contributed by atoms with Gasteiger partial charge in [-0.25, -0.2) is 0 Å². The highest BCUT2D eigenvalue weighted by Crippen LogP contribution is 2.24. The molecule has 1 aliphatic heterocycles. The second kappa shape index (κ2) is 16.4. The Hall–Kier alpha value is -3.71. The van der Waals surface area contributed by atoms with Crippen molar-refractivity contribution in [3.8, 4) is 0 Å². The standard InChI is InChI=1S/C33H42N2O5/c1-3-12-27(22-31(37)34-29(23-36)21-26-16-9-6-10-17-26)32(38)35-19-11-18-30(35)24-40-33(39)28(13-4-2)20-25-14-7-5-8-15-25/h3-10,14-17,27-30,36H,1-2,11-13,18-24H2,(H,34,37)/t27-,28+,29+,30+/m1/s1. The Labute approximate surface area is 237 Å². The molecule has 1 saturated heterocycles. The van der Waals surface area contributed by atoms with E-state index in [1.807, 2.05) is 60.7 Å². The second-order valence-corrected chi connectivity index (χ2v) is 10.4. The maximum Gasteiger partial charge on any atom is 0.309 e. The molecule has 1 fully saturated rings. The number of likely N-dealkylation sites (tertiary alicyclic amines) is 1. The SMILES string of the molecule is C=CC[C@@H](Cc1ccccc1)C(=O)OC[C@@H]1CCCN1C(=O)[C@H](CC=C)CC(=O)N[C@H](CO)Cc1ccccc1. The summed E-state index contributed by atoms with van der Waals surface area (Å²) in [6.45, 7) is 8.06. The Morgan fingerprint density at radius 2 is 1.55 bits per heavy atom. The number of aliphatic hydroxyl groups excluding tert-OH is 1. The minimum Gasteiger partial charge on any atom is -0.463 e. The van der Waals surface area contributed by atoms with Crippen molar-refractivity contribution >= 4 is 17.8 Å². The quantitative estimate of drug-likeness (QED) is 0.242. The molecule has 2 amide bonds. The van der Waals surface area contributed by atoms with E-state index in [1.54, 1.807) is 17.1 Å². The average Bonchev–Trinajstić information content (AvgIpc) is 3.44. The monoisotopic (exact) mass is 546 g/mol. The first-order chi connectivity index (χ1) is 19.4. The van der Waals surface area contributed by atoms with Crippen LogP contribution in [-0.2, 0) is 32.0 Å². The molecule has 0 radical (unpaired) electrons. The van der Waals surface area contributed by atoms with Crippen molar-refractivity contribution in [3.05, 3.63) is 97.1 Å². The number of aliphatic hydroxyl groups is 1. The van der Waals surface area contributed by atoms with Gasteiger partial charge in [-0.1, -0.05) is 72.8 Å². The number of nitrogens with one attached hydrogen (secondary N) is 1. The van der Waals surface area contributed by atoms with Crippen molar-refractivity contribution in [2.75, 3.05) is 19.8 Å². The second-order valence-electron chi connectivity index (χ2n) is 10.4. The van der Waals surface area contributed by atoms with Crippen LogP contribution < -0.4 is 5.32 Å². The van der Waals surface area contributed by atoms with Crippen molar-refractivity contribution in [1.29, 1.82) is 0 Å². The summed E-state index contributed by atoms with van der Waals surface area (Å²) in [6, 6.07) is 18.8. The number of amides is 2. The Morgan fingerprint density at radius 3 is 2.15 bits per heavy atom. The predicted molar refractivity (Wildman–Crippen MR) is 156 cm³/mol. The molecule has 3 rings (SSSR count). The van der Waals surface area contributed by atoms with Crippen molar-refractivity contribution in [2.45, 2.75) is 57.0 Å². The molecule has 0 bridgehead atoms. The Morgan fingerprint density at radius 1 is 0.950 bits per heavy atom. The van der Waals surface area contributed by atoms with Gasteiger partial charge < -0.3 is 20.1 Å². The third-order valence-corrected chi connectivity index (χ3v) is 7.33. The maximum atomic E-state index is 13.5. The molecule has 1 aliphatic rings. The van der Waals surface area contributed by atoms with Gasteiger partial charge in [-0.3, -0.25) is 14.4 Å². The number of allylic oxidation sites excluding steroid dienone is 2. The first-order valence-corrected chi connectivity index (χ1v) is 14.1. The van der Waals surface area contributed by atoms with Gasteiger partial charge in [0.05, 0.1) is 30.5 Å². The molecule has 0 aromatic heterocycles. The molecule has 2 N–H and O–H groups in total. The number of esters is 1. The summed E-state index contributed by atoms with van der Waals surface area (Å²) in [7, 11) is 0. The lowest BCUT2D eigenvalue weighted by atomic mass is 9.96. The highest BCUT2D eigenvalue weighted by molar-refractivity contribution is 5.86. The van der Waals surface area contributed by atoms with Crippen molar-refractivity contribution in [3.63, 3.8) is 0 Å². The van der Waals surface area contributed by atoms with Crippen LogP contribution in [0.3, 0.4) is 0 Å². The molecule has 7 nitrogen and oxygen atoms in total. The van der Waals surface area contributed by atoms with E-state index in [0.717, 1.165) is 24.0 Å². The summed E-state index contributed by atoms with van der Waals surface area (Å²) < 4.78 is 5.73. The van der Waals surface area contributed by atoms with Gasteiger partial charge in [-0.2, -0.15) is 0 Å². The van der Waals surface area contributed by atoms with Crippen LogP contribution in [0.15, 0.2) is 86.0 Å². The van der Waals surface area contributed by atoms with E-state index >= 15 is 0 Å². The third-order valence-electron chi connectivity index (χ3n) is 7.33. The molecule has 0 unspecified atom stereocenters. The van der Waals surface area contributed by atoms with Gasteiger partial charge >= 0.3 is 5.97 Å². The van der Waals surface area contributed by atoms with Gasteiger partial charge in [0, 0.05) is 13.0 Å². The number of nitrogens with zero attached hydrogens (tertiary/aromatic N) is 1. The highest BCUT2D eigenvalue weighted by atomic mass is 16.5. The lowest BCUT2D eigenvalue weighted by Gasteiger charge is -2.29. The zero-order valence-electron chi connectivity index (χ0n) is 23.3. The Bertz CT molecular complexity index is 1100. The highest BCUT2D eigenvalue weighted by Gasteiger charge is 2.35. The predicted octanol–water partition coefficient (Wildman–Crippen LogP) is 4.26. The maximum absolute atomic E-state index is 13.5. The van der Waals surface area contributed by atoms with E-state index in [2.05, 4.69) is 18.5 Å². The molecule has 0 spiro atoms. The summed E-state index contributed by atoms with van der Waals surface area (Å²) in [5.74, 6) is -1.62. The van der Waals surface area contributed by atoms with Crippen LogP contribution in [0.5, 0.6) is 0 Å². The van der Waals surface area contributed by atoms with E-state index in [0.29, 0.717) is 32.2 Å². The number of carbonyl (C=O) groups is 3. The summed E-state index contributed by atoms with van der Waals surface area (Å²) in [5, 5.41) is 12.7. The van der Waals surface area contributed by atoms with Gasteiger partial charge in [0.15, 0.2) is 0 Å².